The standard InChI is InChI=1S/C10H16N4O2/c1-2-6-3-9(14-13-6)12-10(16)8-4-7(15)5-11-8/h3,7-8,11,15H,2,4-5H2,1H3,(H2,12,13,14,16). The van der Waals surface area contributed by atoms with Gasteiger partial charge in [0.25, 0.3) is 0 Å². The minimum absolute atomic E-state index is 0.147. The molecule has 0 aliphatic carbocycles. The Labute approximate surface area is 93.4 Å². The maximum absolute atomic E-state index is 11.7. The fourth-order valence-corrected chi connectivity index (χ4v) is 1.74. The Hall–Kier alpha value is -1.40. The summed E-state index contributed by atoms with van der Waals surface area (Å²) in [7, 11) is 0. The largest absolute Gasteiger partial charge is 0.392 e. The van der Waals surface area contributed by atoms with Crippen LogP contribution in [0.5, 0.6) is 0 Å². The number of aliphatic hydroxyl groups is 1. The summed E-state index contributed by atoms with van der Waals surface area (Å²) in [5.41, 5.74) is 0.981. The third-order valence-corrected chi connectivity index (χ3v) is 2.69. The molecule has 1 aromatic rings. The van der Waals surface area contributed by atoms with Gasteiger partial charge in [-0.1, -0.05) is 6.92 Å². The van der Waals surface area contributed by atoms with Gasteiger partial charge in [-0.25, -0.2) is 0 Å². The van der Waals surface area contributed by atoms with Gasteiger partial charge in [-0.05, 0) is 12.8 Å². The van der Waals surface area contributed by atoms with Gasteiger partial charge < -0.3 is 15.7 Å². The highest BCUT2D eigenvalue weighted by Gasteiger charge is 2.28. The summed E-state index contributed by atoms with van der Waals surface area (Å²) >= 11 is 0. The predicted octanol–water partition coefficient (Wildman–Crippen LogP) is -0.367. The summed E-state index contributed by atoms with van der Waals surface area (Å²) in [6, 6.07) is 1.49. The molecule has 1 amide bonds. The zero-order chi connectivity index (χ0) is 11.5. The maximum Gasteiger partial charge on any atom is 0.242 e. The van der Waals surface area contributed by atoms with Crippen LogP contribution >= 0.6 is 0 Å². The zero-order valence-electron chi connectivity index (χ0n) is 9.16. The molecule has 1 saturated heterocycles. The molecule has 2 heterocycles. The molecule has 0 saturated carbocycles. The Morgan fingerprint density at radius 3 is 3.12 bits per heavy atom. The van der Waals surface area contributed by atoms with Gasteiger partial charge in [0.2, 0.25) is 5.91 Å². The van der Waals surface area contributed by atoms with Crippen molar-refractivity contribution in [3.8, 4) is 0 Å². The van der Waals surface area contributed by atoms with Crippen molar-refractivity contribution in [1.82, 2.24) is 15.5 Å². The van der Waals surface area contributed by atoms with Gasteiger partial charge in [-0.15, -0.1) is 0 Å². The lowest BCUT2D eigenvalue weighted by atomic mass is 10.2. The van der Waals surface area contributed by atoms with Crippen molar-refractivity contribution < 1.29 is 9.90 Å². The maximum atomic E-state index is 11.7. The highest BCUT2D eigenvalue weighted by atomic mass is 16.3. The van der Waals surface area contributed by atoms with Crippen molar-refractivity contribution in [3.63, 3.8) is 0 Å². The molecule has 0 bridgehead atoms. The lowest BCUT2D eigenvalue weighted by molar-refractivity contribution is -0.118. The molecule has 1 fully saturated rings. The third-order valence-electron chi connectivity index (χ3n) is 2.69. The molecule has 1 aliphatic rings. The van der Waals surface area contributed by atoms with E-state index in [9.17, 15) is 9.90 Å². The number of anilines is 1. The third kappa shape index (κ3) is 2.40. The van der Waals surface area contributed by atoms with Gasteiger partial charge in [-0.3, -0.25) is 9.89 Å². The topological polar surface area (TPSA) is 90.0 Å². The molecular weight excluding hydrogens is 208 g/mol. The number of β-amino-alcohol motifs (C(OH)–C–C–N with tert-alkyl or cyclic N) is 1. The Balaban J connectivity index is 1.91. The molecule has 16 heavy (non-hydrogen) atoms. The summed E-state index contributed by atoms with van der Waals surface area (Å²) in [5.74, 6) is 0.385. The normalized spacial score (nSPS) is 24.6. The molecule has 0 aromatic carbocycles. The molecular formula is C10H16N4O2. The summed E-state index contributed by atoms with van der Waals surface area (Å²) in [4.78, 5) is 11.7. The second kappa shape index (κ2) is 4.63. The van der Waals surface area contributed by atoms with Gasteiger partial charge in [0.05, 0.1) is 12.1 Å². The van der Waals surface area contributed by atoms with Gasteiger partial charge >= 0.3 is 0 Å². The van der Waals surface area contributed by atoms with Crippen molar-refractivity contribution in [2.45, 2.75) is 31.9 Å². The first kappa shape index (κ1) is 11.1. The SMILES string of the molecule is CCc1cc(NC(=O)C2CC(O)CN2)n[nH]1. The van der Waals surface area contributed by atoms with E-state index < -0.39 is 6.10 Å². The Morgan fingerprint density at radius 2 is 2.56 bits per heavy atom. The number of nitrogens with zero attached hydrogens (tertiary/aromatic N) is 1. The van der Waals surface area contributed by atoms with Gasteiger partial charge in [-0.2, -0.15) is 5.10 Å². The number of amides is 1. The van der Waals surface area contributed by atoms with Crippen LogP contribution in [-0.2, 0) is 11.2 Å². The first-order valence-corrected chi connectivity index (χ1v) is 5.45. The molecule has 2 rings (SSSR count). The van der Waals surface area contributed by atoms with Crippen LogP contribution in [0.1, 0.15) is 19.0 Å². The van der Waals surface area contributed by atoms with E-state index in [-0.39, 0.29) is 11.9 Å². The van der Waals surface area contributed by atoms with Crippen LogP contribution < -0.4 is 10.6 Å². The van der Waals surface area contributed by atoms with Crippen LogP contribution in [0.2, 0.25) is 0 Å². The number of aromatic nitrogens is 2. The number of hydrogen-bond donors (Lipinski definition) is 4. The van der Waals surface area contributed by atoms with Crippen molar-refractivity contribution >= 4 is 11.7 Å². The highest BCUT2D eigenvalue weighted by Crippen LogP contribution is 2.10. The molecule has 4 N–H and O–H groups in total. The molecule has 0 spiro atoms. The first-order valence-electron chi connectivity index (χ1n) is 5.45. The Morgan fingerprint density at radius 1 is 1.75 bits per heavy atom. The molecule has 2 unspecified atom stereocenters. The van der Waals surface area contributed by atoms with E-state index in [0.717, 1.165) is 12.1 Å². The number of H-pyrrole nitrogens is 1. The number of carbonyl (C=O) groups is 1. The van der Waals surface area contributed by atoms with Crippen molar-refractivity contribution in [1.29, 1.82) is 0 Å². The molecule has 1 aliphatic heterocycles. The summed E-state index contributed by atoms with van der Waals surface area (Å²) < 4.78 is 0. The van der Waals surface area contributed by atoms with E-state index >= 15 is 0 Å². The average molecular weight is 224 g/mol. The van der Waals surface area contributed by atoms with Gasteiger partial charge in [0.1, 0.15) is 0 Å². The average Bonchev–Trinajstić information content (AvgIpc) is 2.87. The number of aromatic amines is 1. The summed E-state index contributed by atoms with van der Waals surface area (Å²) in [5, 5.41) is 21.7. The molecule has 1 aromatic heterocycles. The van der Waals surface area contributed by atoms with Crippen LogP contribution in [0.4, 0.5) is 5.82 Å². The fraction of sp³-hybridized carbons (Fsp3) is 0.600. The lowest BCUT2D eigenvalue weighted by Gasteiger charge is -2.08. The minimum atomic E-state index is -0.430. The minimum Gasteiger partial charge on any atom is -0.392 e. The summed E-state index contributed by atoms with van der Waals surface area (Å²) in [6.45, 7) is 2.48. The Kier molecular flexibility index (Phi) is 3.21. The van der Waals surface area contributed by atoms with E-state index in [4.69, 9.17) is 0 Å². The number of rotatable bonds is 3. The lowest BCUT2D eigenvalue weighted by Crippen LogP contribution is -2.35. The zero-order valence-corrected chi connectivity index (χ0v) is 9.16. The van der Waals surface area contributed by atoms with Crippen LogP contribution in [0, 0.1) is 0 Å². The van der Waals surface area contributed by atoms with Gasteiger partial charge in [0, 0.05) is 18.3 Å². The second-order valence-corrected chi connectivity index (χ2v) is 3.97. The number of hydrogen-bond acceptors (Lipinski definition) is 4. The fourth-order valence-electron chi connectivity index (χ4n) is 1.74. The number of nitrogens with one attached hydrogen (secondary N) is 3. The van der Waals surface area contributed by atoms with Crippen molar-refractivity contribution in [3.05, 3.63) is 11.8 Å². The molecule has 0 radical (unpaired) electrons. The van der Waals surface area contributed by atoms with Crippen LogP contribution in [0.3, 0.4) is 0 Å². The van der Waals surface area contributed by atoms with Crippen molar-refractivity contribution in [2.75, 3.05) is 11.9 Å². The second-order valence-electron chi connectivity index (χ2n) is 3.97. The highest BCUT2D eigenvalue weighted by molar-refractivity contribution is 5.94. The number of aryl methyl sites for hydroxylation is 1. The van der Waals surface area contributed by atoms with E-state index in [2.05, 4.69) is 20.8 Å². The monoisotopic (exact) mass is 224 g/mol. The van der Waals surface area contributed by atoms with E-state index in [1.165, 1.54) is 0 Å². The van der Waals surface area contributed by atoms with Gasteiger partial charge in [0.15, 0.2) is 5.82 Å². The Bertz CT molecular complexity index is 377. The van der Waals surface area contributed by atoms with Crippen LogP contribution in [0.15, 0.2) is 6.07 Å². The van der Waals surface area contributed by atoms with E-state index in [1.54, 1.807) is 0 Å². The van der Waals surface area contributed by atoms with Crippen LogP contribution in [0.25, 0.3) is 0 Å². The predicted molar refractivity (Wildman–Crippen MR) is 59.0 cm³/mol. The smallest absolute Gasteiger partial charge is 0.242 e. The number of aliphatic hydroxyl groups excluding tert-OH is 1. The quantitative estimate of drug-likeness (QED) is 0.564. The molecule has 2 atom stereocenters. The van der Waals surface area contributed by atoms with E-state index in [1.807, 2.05) is 13.0 Å². The summed E-state index contributed by atoms with van der Waals surface area (Å²) in [6.07, 6.45) is 0.876. The first-order chi connectivity index (χ1) is 7.69. The van der Waals surface area contributed by atoms with Crippen LogP contribution in [-0.4, -0.2) is 39.9 Å². The molecule has 6 heteroatoms. The molecule has 6 nitrogen and oxygen atoms in total. The van der Waals surface area contributed by atoms with Crippen molar-refractivity contribution in [2.24, 2.45) is 0 Å². The van der Waals surface area contributed by atoms with E-state index in [0.29, 0.717) is 18.8 Å². The number of carbonyl (C=O) groups excluding carboxylic acids is 1. The molecule has 88 valence electrons.